The molecule has 1 fully saturated rings. The van der Waals surface area contributed by atoms with Crippen molar-refractivity contribution in [2.45, 2.75) is 64.3 Å². The van der Waals surface area contributed by atoms with Crippen LogP contribution >= 0.6 is 0 Å². The molecule has 0 aliphatic carbocycles. The van der Waals surface area contributed by atoms with Crippen LogP contribution in [0.25, 0.3) is 0 Å². The SMILES string of the molecule is CCc1cccc(CC)c1CCCC(=O)CN1C[C@H](c2cc(F)c3c(c2)OCO3)[C@@H](C(=O)O)[C@@H]1c1ccc2c(c1)CCO2. The molecule has 1 saturated heterocycles. The number of fused-ring (bicyclic) bond motifs is 2. The molecular weight excluding hydrogens is 549 g/mol. The number of aliphatic carboxylic acids is 1. The van der Waals surface area contributed by atoms with E-state index in [4.69, 9.17) is 14.2 Å². The highest BCUT2D eigenvalue weighted by Gasteiger charge is 2.48. The molecule has 3 aromatic rings. The number of Topliss-reactive ketones (excluding diaryl/α,β-unsaturated/α-hetero) is 1. The Bertz CT molecular complexity index is 1510. The molecule has 0 aromatic heterocycles. The zero-order chi connectivity index (χ0) is 30.1. The summed E-state index contributed by atoms with van der Waals surface area (Å²) in [6, 6.07) is 14.7. The third-order valence-corrected chi connectivity index (χ3v) is 9.21. The number of nitrogens with zero attached hydrogens (tertiary/aromatic N) is 1. The summed E-state index contributed by atoms with van der Waals surface area (Å²) in [5, 5.41) is 10.6. The Morgan fingerprint density at radius 1 is 0.977 bits per heavy atom. The van der Waals surface area contributed by atoms with Crippen LogP contribution in [-0.4, -0.2) is 48.2 Å². The highest BCUT2D eigenvalue weighted by Crippen LogP contribution is 2.49. The second-order valence-electron chi connectivity index (χ2n) is 11.7. The number of hydrogen-bond donors (Lipinski definition) is 1. The lowest BCUT2D eigenvalue weighted by Gasteiger charge is -2.27. The number of ether oxygens (including phenoxy) is 3. The fourth-order valence-electron chi connectivity index (χ4n) is 7.16. The summed E-state index contributed by atoms with van der Waals surface area (Å²) in [6.07, 6.45) is 4.64. The first-order valence-corrected chi connectivity index (χ1v) is 15.3. The van der Waals surface area contributed by atoms with Gasteiger partial charge in [-0.15, -0.1) is 0 Å². The van der Waals surface area contributed by atoms with Crippen LogP contribution in [0.3, 0.4) is 0 Å². The van der Waals surface area contributed by atoms with Gasteiger partial charge in [0.2, 0.25) is 12.5 Å². The standard InChI is InChI=1S/C35H38FNO6/c1-3-21-7-5-8-22(4-2)27(21)10-6-9-26(38)18-37-19-28(25-16-29(36)34-31(17-25)42-20-43-34)32(35(39)40)33(37)24-11-12-30-23(15-24)13-14-41-30/h5,7-8,11-12,15-17,28,32-33H,3-4,6,9-10,13-14,18-20H2,1-2H3,(H,39,40)/t28-,32-,33+/m1/s1. The molecule has 8 heteroatoms. The molecule has 6 rings (SSSR count). The van der Waals surface area contributed by atoms with E-state index in [9.17, 15) is 19.1 Å². The molecule has 7 nitrogen and oxygen atoms in total. The molecule has 43 heavy (non-hydrogen) atoms. The zero-order valence-electron chi connectivity index (χ0n) is 24.7. The Balaban J connectivity index is 1.26. The number of rotatable bonds is 11. The Morgan fingerprint density at radius 3 is 2.51 bits per heavy atom. The predicted molar refractivity (Wildman–Crippen MR) is 159 cm³/mol. The Hall–Kier alpha value is -3.91. The van der Waals surface area contributed by atoms with E-state index < -0.39 is 29.7 Å². The summed E-state index contributed by atoms with van der Waals surface area (Å²) in [7, 11) is 0. The van der Waals surface area contributed by atoms with E-state index in [2.05, 4.69) is 32.0 Å². The zero-order valence-corrected chi connectivity index (χ0v) is 24.7. The van der Waals surface area contributed by atoms with Crippen molar-refractivity contribution in [2.75, 3.05) is 26.5 Å². The smallest absolute Gasteiger partial charge is 0.309 e. The molecule has 3 aliphatic rings. The van der Waals surface area contributed by atoms with E-state index in [1.807, 2.05) is 23.1 Å². The lowest BCUT2D eigenvalue weighted by molar-refractivity contribution is -0.143. The summed E-state index contributed by atoms with van der Waals surface area (Å²) in [5.41, 5.74) is 6.40. The first-order chi connectivity index (χ1) is 20.9. The van der Waals surface area contributed by atoms with Crippen molar-refractivity contribution in [3.05, 3.63) is 87.7 Å². The number of halogens is 1. The van der Waals surface area contributed by atoms with Gasteiger partial charge >= 0.3 is 5.97 Å². The molecule has 226 valence electrons. The average molecular weight is 588 g/mol. The van der Waals surface area contributed by atoms with Gasteiger partial charge in [0.25, 0.3) is 0 Å². The molecule has 3 aliphatic heterocycles. The van der Waals surface area contributed by atoms with Gasteiger partial charge in [0.15, 0.2) is 11.6 Å². The minimum atomic E-state index is -0.983. The van der Waals surface area contributed by atoms with Crippen LogP contribution in [0.4, 0.5) is 4.39 Å². The molecule has 1 N–H and O–H groups in total. The van der Waals surface area contributed by atoms with Gasteiger partial charge in [-0.2, -0.15) is 0 Å². The lowest BCUT2D eigenvalue weighted by atomic mass is 9.82. The maximum absolute atomic E-state index is 15.0. The summed E-state index contributed by atoms with van der Waals surface area (Å²) in [4.78, 5) is 28.4. The predicted octanol–water partition coefficient (Wildman–Crippen LogP) is 6.05. The largest absolute Gasteiger partial charge is 0.493 e. The van der Waals surface area contributed by atoms with Crippen molar-refractivity contribution in [3.63, 3.8) is 0 Å². The fourth-order valence-corrected chi connectivity index (χ4v) is 7.16. The van der Waals surface area contributed by atoms with Crippen molar-refractivity contribution in [1.82, 2.24) is 4.90 Å². The van der Waals surface area contributed by atoms with Gasteiger partial charge in [0.05, 0.1) is 19.1 Å². The molecule has 0 amide bonds. The molecule has 0 bridgehead atoms. The topological polar surface area (TPSA) is 85.3 Å². The van der Waals surface area contributed by atoms with E-state index in [1.54, 1.807) is 6.07 Å². The first kappa shape index (κ1) is 29.2. The van der Waals surface area contributed by atoms with Crippen LogP contribution in [0.1, 0.15) is 72.0 Å². The van der Waals surface area contributed by atoms with Crippen LogP contribution in [0.5, 0.6) is 17.2 Å². The van der Waals surface area contributed by atoms with E-state index >= 15 is 0 Å². The number of hydrogen-bond acceptors (Lipinski definition) is 6. The number of carbonyl (C=O) groups excluding carboxylic acids is 1. The van der Waals surface area contributed by atoms with Crippen molar-refractivity contribution in [1.29, 1.82) is 0 Å². The molecule has 0 saturated carbocycles. The Morgan fingerprint density at radius 2 is 1.77 bits per heavy atom. The lowest BCUT2D eigenvalue weighted by Crippen LogP contribution is -2.32. The molecule has 0 spiro atoms. The van der Waals surface area contributed by atoms with Crippen molar-refractivity contribution in [3.8, 4) is 17.2 Å². The average Bonchev–Trinajstić information content (AvgIpc) is 3.75. The fraction of sp³-hybridized carbons (Fsp3) is 0.429. The molecule has 3 aromatic carbocycles. The van der Waals surface area contributed by atoms with Crippen molar-refractivity contribution < 1.29 is 33.3 Å². The normalized spacial score (nSPS) is 20.7. The van der Waals surface area contributed by atoms with Crippen LogP contribution in [0, 0.1) is 11.7 Å². The van der Waals surface area contributed by atoms with Gasteiger partial charge in [0, 0.05) is 31.3 Å². The number of carbonyl (C=O) groups is 2. The summed E-state index contributed by atoms with van der Waals surface area (Å²) < 4.78 is 31.4. The first-order valence-electron chi connectivity index (χ1n) is 15.3. The van der Waals surface area contributed by atoms with E-state index in [0.29, 0.717) is 25.1 Å². The molecule has 0 radical (unpaired) electrons. The van der Waals surface area contributed by atoms with Crippen LogP contribution < -0.4 is 14.2 Å². The summed E-state index contributed by atoms with van der Waals surface area (Å²) in [6.45, 7) is 5.26. The Kier molecular flexibility index (Phi) is 8.39. The quantitative estimate of drug-likeness (QED) is 0.293. The highest BCUT2D eigenvalue weighted by molar-refractivity contribution is 5.81. The van der Waals surface area contributed by atoms with Crippen LogP contribution in [-0.2, 0) is 35.3 Å². The van der Waals surface area contributed by atoms with Gasteiger partial charge in [-0.25, -0.2) is 4.39 Å². The molecule has 3 heterocycles. The second-order valence-corrected chi connectivity index (χ2v) is 11.7. The number of carboxylic acids is 1. The second kappa shape index (κ2) is 12.4. The van der Waals surface area contributed by atoms with Gasteiger partial charge < -0.3 is 19.3 Å². The highest BCUT2D eigenvalue weighted by atomic mass is 19.1. The maximum Gasteiger partial charge on any atom is 0.309 e. The third kappa shape index (κ3) is 5.73. The van der Waals surface area contributed by atoms with Gasteiger partial charge in [0.1, 0.15) is 11.5 Å². The number of ketones is 1. The molecule has 3 atom stereocenters. The van der Waals surface area contributed by atoms with E-state index in [1.165, 1.54) is 22.8 Å². The van der Waals surface area contributed by atoms with Crippen molar-refractivity contribution >= 4 is 11.8 Å². The van der Waals surface area contributed by atoms with Gasteiger partial charge in [-0.05, 0) is 77.3 Å². The minimum absolute atomic E-state index is 0.0479. The van der Waals surface area contributed by atoms with E-state index in [-0.39, 0.29) is 30.6 Å². The molecule has 0 unspecified atom stereocenters. The number of carboxylic acid groups (broad SMARTS) is 1. The Labute approximate surface area is 251 Å². The van der Waals surface area contributed by atoms with Crippen molar-refractivity contribution in [2.24, 2.45) is 5.92 Å². The van der Waals surface area contributed by atoms with Gasteiger partial charge in [-0.1, -0.05) is 44.2 Å². The number of likely N-dealkylation sites (tertiary alicyclic amines) is 1. The summed E-state index contributed by atoms with van der Waals surface area (Å²) >= 11 is 0. The van der Waals surface area contributed by atoms with Gasteiger partial charge in [-0.3, -0.25) is 14.5 Å². The number of aryl methyl sites for hydroxylation is 2. The number of benzene rings is 3. The van der Waals surface area contributed by atoms with Crippen LogP contribution in [0.2, 0.25) is 0 Å². The van der Waals surface area contributed by atoms with E-state index in [0.717, 1.165) is 49.0 Å². The monoisotopic (exact) mass is 587 g/mol. The summed E-state index contributed by atoms with van der Waals surface area (Å²) in [5.74, 6) is -1.79. The third-order valence-electron chi connectivity index (χ3n) is 9.21. The molecular formula is C35H38FNO6. The maximum atomic E-state index is 15.0. The minimum Gasteiger partial charge on any atom is -0.493 e. The van der Waals surface area contributed by atoms with Crippen LogP contribution in [0.15, 0.2) is 48.5 Å².